The summed E-state index contributed by atoms with van der Waals surface area (Å²) >= 11 is 0. The molecule has 0 radical (unpaired) electrons. The first-order chi connectivity index (χ1) is 12.7. The van der Waals surface area contributed by atoms with Crippen molar-refractivity contribution < 1.29 is 14.3 Å². The largest absolute Gasteiger partial charge is 0.497 e. The summed E-state index contributed by atoms with van der Waals surface area (Å²) < 4.78 is 5.34. The SMILES string of the molecule is COc1ccc2c(c1)CN(C1CC1)C(=O)CCN2C(=O)c1cnccn1. The third-order valence-corrected chi connectivity index (χ3v) is 4.80. The summed E-state index contributed by atoms with van der Waals surface area (Å²) in [6.45, 7) is 0.803. The van der Waals surface area contributed by atoms with E-state index in [9.17, 15) is 9.59 Å². The van der Waals surface area contributed by atoms with Gasteiger partial charge in [0.15, 0.2) is 0 Å². The van der Waals surface area contributed by atoms with Crippen molar-refractivity contribution in [3.63, 3.8) is 0 Å². The maximum Gasteiger partial charge on any atom is 0.278 e. The van der Waals surface area contributed by atoms with Crippen LogP contribution in [0.25, 0.3) is 0 Å². The molecule has 1 aliphatic heterocycles. The zero-order valence-electron chi connectivity index (χ0n) is 14.6. The molecule has 1 aliphatic carbocycles. The number of amides is 2. The molecule has 2 aliphatic rings. The van der Waals surface area contributed by atoms with Gasteiger partial charge in [0.25, 0.3) is 5.91 Å². The number of anilines is 1. The Bertz CT molecular complexity index is 836. The molecule has 2 amide bonds. The van der Waals surface area contributed by atoms with Crippen molar-refractivity contribution in [2.75, 3.05) is 18.6 Å². The van der Waals surface area contributed by atoms with Gasteiger partial charge >= 0.3 is 0 Å². The second kappa shape index (κ2) is 6.74. The molecular formula is C19H20N4O3. The fraction of sp³-hybridized carbons (Fsp3) is 0.368. The highest BCUT2D eigenvalue weighted by molar-refractivity contribution is 6.05. The molecule has 1 saturated carbocycles. The molecule has 0 saturated heterocycles. The highest BCUT2D eigenvalue weighted by Crippen LogP contribution is 2.35. The minimum atomic E-state index is -0.253. The van der Waals surface area contributed by atoms with Crippen LogP contribution in [0.2, 0.25) is 0 Å². The Kier molecular flexibility index (Phi) is 4.28. The molecule has 2 heterocycles. The molecule has 7 nitrogen and oxygen atoms in total. The molecule has 0 N–H and O–H groups in total. The summed E-state index contributed by atoms with van der Waals surface area (Å²) in [6.07, 6.45) is 6.86. The van der Waals surface area contributed by atoms with Crippen molar-refractivity contribution >= 4 is 17.5 Å². The second-order valence-electron chi connectivity index (χ2n) is 6.54. The molecule has 1 fully saturated rings. The molecule has 0 atom stereocenters. The maximum absolute atomic E-state index is 13.0. The Labute approximate surface area is 151 Å². The Morgan fingerprint density at radius 2 is 2.12 bits per heavy atom. The zero-order chi connectivity index (χ0) is 18.1. The third kappa shape index (κ3) is 3.12. The fourth-order valence-corrected chi connectivity index (χ4v) is 3.30. The van der Waals surface area contributed by atoms with E-state index in [0.717, 1.165) is 24.1 Å². The highest BCUT2D eigenvalue weighted by Gasteiger charge is 2.35. The monoisotopic (exact) mass is 352 g/mol. The van der Waals surface area contributed by atoms with Crippen LogP contribution in [-0.4, -0.2) is 46.4 Å². The van der Waals surface area contributed by atoms with Crippen LogP contribution in [0.3, 0.4) is 0 Å². The van der Waals surface area contributed by atoms with Crippen LogP contribution in [0.15, 0.2) is 36.8 Å². The van der Waals surface area contributed by atoms with Gasteiger partial charge in [-0.2, -0.15) is 0 Å². The van der Waals surface area contributed by atoms with E-state index < -0.39 is 0 Å². The van der Waals surface area contributed by atoms with Gasteiger partial charge in [-0.25, -0.2) is 4.98 Å². The molecule has 1 aromatic carbocycles. The van der Waals surface area contributed by atoms with Crippen molar-refractivity contribution in [3.05, 3.63) is 48.0 Å². The number of ether oxygens (including phenoxy) is 1. The predicted molar refractivity (Wildman–Crippen MR) is 94.9 cm³/mol. The Morgan fingerprint density at radius 3 is 2.81 bits per heavy atom. The number of hydrogen-bond acceptors (Lipinski definition) is 5. The van der Waals surface area contributed by atoms with Gasteiger partial charge < -0.3 is 14.5 Å². The second-order valence-corrected chi connectivity index (χ2v) is 6.54. The predicted octanol–water partition coefficient (Wildman–Crippen LogP) is 2.03. The normalized spacial score (nSPS) is 17.3. The molecule has 26 heavy (non-hydrogen) atoms. The number of fused-ring (bicyclic) bond motifs is 1. The van der Waals surface area contributed by atoms with E-state index in [1.54, 1.807) is 12.0 Å². The first-order valence-corrected chi connectivity index (χ1v) is 8.71. The molecule has 134 valence electrons. The summed E-state index contributed by atoms with van der Waals surface area (Å²) in [5.41, 5.74) is 1.96. The van der Waals surface area contributed by atoms with Crippen LogP contribution in [0.4, 0.5) is 5.69 Å². The standard InChI is InChI=1S/C19H20N4O3/c1-26-15-4-5-17-13(10-15)12-23(14-2-3-14)18(24)6-9-22(17)19(25)16-11-20-7-8-21-16/h4-5,7-8,10-11,14H,2-3,6,9,12H2,1H3. The molecule has 7 heteroatoms. The number of carbonyl (C=O) groups is 2. The number of aromatic nitrogens is 2. The van der Waals surface area contributed by atoms with Gasteiger partial charge in [0, 0.05) is 43.6 Å². The van der Waals surface area contributed by atoms with E-state index in [1.165, 1.54) is 18.6 Å². The number of rotatable bonds is 3. The van der Waals surface area contributed by atoms with Crippen LogP contribution in [0.5, 0.6) is 5.75 Å². The number of methoxy groups -OCH3 is 1. The van der Waals surface area contributed by atoms with Crippen molar-refractivity contribution in [3.8, 4) is 5.75 Å². The minimum Gasteiger partial charge on any atom is -0.497 e. The van der Waals surface area contributed by atoms with Crippen molar-refractivity contribution in [2.45, 2.75) is 31.8 Å². The van der Waals surface area contributed by atoms with E-state index in [4.69, 9.17) is 4.74 Å². The third-order valence-electron chi connectivity index (χ3n) is 4.80. The first kappa shape index (κ1) is 16.5. The Balaban J connectivity index is 1.74. The van der Waals surface area contributed by atoms with Gasteiger partial charge in [-0.05, 0) is 36.6 Å². The average molecular weight is 352 g/mol. The van der Waals surface area contributed by atoms with Crippen LogP contribution >= 0.6 is 0 Å². The van der Waals surface area contributed by atoms with E-state index in [1.807, 2.05) is 23.1 Å². The molecule has 4 rings (SSSR count). The van der Waals surface area contributed by atoms with Crippen LogP contribution in [-0.2, 0) is 11.3 Å². The number of benzene rings is 1. The summed E-state index contributed by atoms with van der Waals surface area (Å²) in [6, 6.07) is 5.94. The van der Waals surface area contributed by atoms with Crippen LogP contribution < -0.4 is 9.64 Å². The fourth-order valence-electron chi connectivity index (χ4n) is 3.30. The van der Waals surface area contributed by atoms with Gasteiger partial charge in [-0.1, -0.05) is 0 Å². The zero-order valence-corrected chi connectivity index (χ0v) is 14.6. The lowest BCUT2D eigenvalue weighted by molar-refractivity contribution is -0.132. The van der Waals surface area contributed by atoms with E-state index >= 15 is 0 Å². The Morgan fingerprint density at radius 1 is 1.27 bits per heavy atom. The van der Waals surface area contributed by atoms with Gasteiger partial charge in [-0.3, -0.25) is 14.6 Å². The van der Waals surface area contributed by atoms with E-state index in [2.05, 4.69) is 9.97 Å². The number of nitrogens with zero attached hydrogens (tertiary/aromatic N) is 4. The van der Waals surface area contributed by atoms with E-state index in [0.29, 0.717) is 31.3 Å². The summed E-state index contributed by atoms with van der Waals surface area (Å²) in [7, 11) is 1.61. The molecule has 0 unspecified atom stereocenters. The first-order valence-electron chi connectivity index (χ1n) is 8.71. The molecule has 0 spiro atoms. The van der Waals surface area contributed by atoms with Crippen LogP contribution in [0.1, 0.15) is 35.3 Å². The van der Waals surface area contributed by atoms with Crippen molar-refractivity contribution in [1.82, 2.24) is 14.9 Å². The van der Waals surface area contributed by atoms with Gasteiger partial charge in [0.1, 0.15) is 11.4 Å². The number of hydrogen-bond donors (Lipinski definition) is 0. The summed E-state index contributed by atoms with van der Waals surface area (Å²) in [4.78, 5) is 37.3. The van der Waals surface area contributed by atoms with Gasteiger partial charge in [0.2, 0.25) is 5.91 Å². The average Bonchev–Trinajstić information content (AvgIpc) is 3.50. The lowest BCUT2D eigenvalue weighted by Gasteiger charge is -2.32. The van der Waals surface area contributed by atoms with E-state index in [-0.39, 0.29) is 17.5 Å². The van der Waals surface area contributed by atoms with Crippen molar-refractivity contribution in [2.24, 2.45) is 0 Å². The summed E-state index contributed by atoms with van der Waals surface area (Å²) in [5, 5.41) is 0. The lowest BCUT2D eigenvalue weighted by Crippen LogP contribution is -2.41. The maximum atomic E-state index is 13.0. The highest BCUT2D eigenvalue weighted by atomic mass is 16.5. The topological polar surface area (TPSA) is 75.6 Å². The Hall–Kier alpha value is -2.96. The molecular weight excluding hydrogens is 332 g/mol. The number of carbonyl (C=O) groups excluding carboxylic acids is 2. The van der Waals surface area contributed by atoms with Crippen molar-refractivity contribution in [1.29, 1.82) is 0 Å². The molecule has 2 aromatic rings. The minimum absolute atomic E-state index is 0.0814. The van der Waals surface area contributed by atoms with Gasteiger partial charge in [0.05, 0.1) is 13.3 Å². The van der Waals surface area contributed by atoms with Gasteiger partial charge in [-0.15, -0.1) is 0 Å². The smallest absolute Gasteiger partial charge is 0.278 e. The molecule has 0 bridgehead atoms. The quantitative estimate of drug-likeness (QED) is 0.845. The summed E-state index contributed by atoms with van der Waals surface area (Å²) in [5.74, 6) is 0.537. The lowest BCUT2D eigenvalue weighted by atomic mass is 10.1. The van der Waals surface area contributed by atoms with Crippen LogP contribution in [0, 0.1) is 0 Å². The molecule has 1 aromatic heterocycles.